The highest BCUT2D eigenvalue weighted by Gasteiger charge is 2.34. The molecule has 29 heavy (non-hydrogen) atoms. The Morgan fingerprint density at radius 1 is 1.38 bits per heavy atom. The maximum absolute atomic E-state index is 14.9. The zero-order valence-corrected chi connectivity index (χ0v) is 15.4. The Bertz CT molecular complexity index is 1540. The quantitative estimate of drug-likeness (QED) is 0.656. The van der Waals surface area contributed by atoms with Gasteiger partial charge in [0.05, 0.1) is 32.3 Å². The van der Waals surface area contributed by atoms with Crippen molar-refractivity contribution >= 4 is 16.7 Å². The van der Waals surface area contributed by atoms with Crippen molar-refractivity contribution in [2.24, 2.45) is 5.92 Å². The number of benzene rings is 2. The molecule has 0 saturated heterocycles. The van der Waals surface area contributed by atoms with Gasteiger partial charge in [0.25, 0.3) is 11.5 Å². The van der Waals surface area contributed by atoms with Gasteiger partial charge in [0.2, 0.25) is 0 Å². The summed E-state index contributed by atoms with van der Waals surface area (Å²) in [6.45, 7) is -5.12. The van der Waals surface area contributed by atoms with E-state index in [-0.39, 0.29) is 28.1 Å². The van der Waals surface area contributed by atoms with Crippen LogP contribution < -0.4 is 16.3 Å². The summed E-state index contributed by atoms with van der Waals surface area (Å²) in [4.78, 5) is 26.9. The van der Waals surface area contributed by atoms with E-state index in [1.807, 2.05) is 5.43 Å². The van der Waals surface area contributed by atoms with Gasteiger partial charge in [-0.25, -0.2) is 9.07 Å². The fourth-order valence-electron chi connectivity index (χ4n) is 3.48. The second-order valence-corrected chi connectivity index (χ2v) is 6.83. The van der Waals surface area contributed by atoms with Crippen LogP contribution in [0.15, 0.2) is 53.2 Å². The summed E-state index contributed by atoms with van der Waals surface area (Å²) in [5.74, 6) is -2.17. The van der Waals surface area contributed by atoms with Gasteiger partial charge in [0, 0.05) is 16.0 Å². The third-order valence-electron chi connectivity index (χ3n) is 5.00. The van der Waals surface area contributed by atoms with Crippen molar-refractivity contribution in [1.29, 1.82) is 0 Å². The highest BCUT2D eigenvalue weighted by atomic mass is 19.1. The SMILES string of the molecule is [2H]c1c([2H])c([2H])c([C@@H](NC(=O)c2c(C)n(NC([2H])([2H])C([2H])([2H])[2H])c(=O)c3c(F)cccc23)C2CC2)c([2H])c1[2H]. The maximum Gasteiger partial charge on any atom is 0.279 e. The first-order chi connectivity index (χ1) is 18.0. The van der Waals surface area contributed by atoms with Crippen LogP contribution >= 0.6 is 0 Å². The molecule has 1 aliphatic carbocycles. The maximum atomic E-state index is 14.9. The molecule has 2 aromatic carbocycles. The lowest BCUT2D eigenvalue weighted by Crippen LogP contribution is -2.36. The van der Waals surface area contributed by atoms with Crippen molar-refractivity contribution < 1.29 is 22.9 Å². The summed E-state index contributed by atoms with van der Waals surface area (Å²) in [5, 5.41) is 1.97. The van der Waals surface area contributed by atoms with Gasteiger partial charge in [-0.05, 0) is 44.2 Å². The Kier molecular flexibility index (Phi) is 2.81. The van der Waals surface area contributed by atoms with Crippen LogP contribution in [0.1, 0.15) is 61.1 Å². The van der Waals surface area contributed by atoms with Crippen LogP contribution in [0.3, 0.4) is 0 Å². The second-order valence-electron chi connectivity index (χ2n) is 6.83. The number of fused-ring (bicyclic) bond motifs is 1. The average molecular weight is 404 g/mol. The standard InChI is InChI=1S/C23H24FN3O2/c1-3-25-27-14(2)19(17-10-7-11-18(24)20(17)23(27)29)22(28)26-21(16-12-13-16)15-8-5-4-6-9-15/h4-11,16,21,25H,3,12-13H2,1-2H3,(H,26,28)/t21-/m1/s1/i1D3,3D2,4D,5D,6D,8D,9D. The van der Waals surface area contributed by atoms with Gasteiger partial charge in [-0.2, -0.15) is 0 Å². The largest absolute Gasteiger partial charge is 0.345 e. The van der Waals surface area contributed by atoms with E-state index < -0.39 is 72.3 Å². The van der Waals surface area contributed by atoms with Crippen LogP contribution in [-0.2, 0) is 0 Å². The zero-order valence-electron chi connectivity index (χ0n) is 25.4. The highest BCUT2D eigenvalue weighted by molar-refractivity contribution is 6.08. The molecule has 1 fully saturated rings. The first kappa shape index (κ1) is 10.6. The van der Waals surface area contributed by atoms with Gasteiger partial charge >= 0.3 is 0 Å². The Labute approximate surface area is 182 Å². The molecule has 6 heteroatoms. The molecule has 2 N–H and O–H groups in total. The van der Waals surface area contributed by atoms with Crippen LogP contribution in [0, 0.1) is 18.7 Å². The molecule has 150 valence electrons. The van der Waals surface area contributed by atoms with E-state index in [2.05, 4.69) is 5.32 Å². The first-order valence-corrected chi connectivity index (χ1v) is 8.99. The highest BCUT2D eigenvalue weighted by Crippen LogP contribution is 2.41. The predicted molar refractivity (Wildman–Crippen MR) is 112 cm³/mol. The Morgan fingerprint density at radius 3 is 2.83 bits per heavy atom. The van der Waals surface area contributed by atoms with Crippen molar-refractivity contribution in [1.82, 2.24) is 9.99 Å². The number of nitrogens with zero attached hydrogens (tertiary/aromatic N) is 1. The van der Waals surface area contributed by atoms with Crippen LogP contribution in [0.5, 0.6) is 0 Å². The van der Waals surface area contributed by atoms with Gasteiger partial charge in [0.1, 0.15) is 5.82 Å². The zero-order chi connectivity index (χ0) is 29.2. The van der Waals surface area contributed by atoms with Gasteiger partial charge in [-0.1, -0.05) is 42.3 Å². The summed E-state index contributed by atoms with van der Waals surface area (Å²) >= 11 is 0. The third-order valence-corrected chi connectivity index (χ3v) is 5.00. The Hall–Kier alpha value is -3.15. The van der Waals surface area contributed by atoms with E-state index in [1.54, 1.807) is 0 Å². The smallest absolute Gasteiger partial charge is 0.279 e. The summed E-state index contributed by atoms with van der Waals surface area (Å²) in [5.41, 5.74) is 0.231. The average Bonchev–Trinajstić information content (AvgIpc) is 3.68. The van der Waals surface area contributed by atoms with Gasteiger partial charge in [-0.3, -0.25) is 9.59 Å². The number of carbonyl (C=O) groups excluding carboxylic acids is 1. The minimum absolute atomic E-state index is 0.116. The minimum Gasteiger partial charge on any atom is -0.345 e. The molecular formula is C23H24FN3O2. The van der Waals surface area contributed by atoms with E-state index in [0.717, 1.165) is 6.07 Å². The summed E-state index contributed by atoms with van der Waals surface area (Å²) in [6, 6.07) is -0.180. The number of nitrogens with one attached hydrogen (secondary N) is 2. The van der Waals surface area contributed by atoms with Gasteiger partial charge in [0.15, 0.2) is 0 Å². The molecule has 0 spiro atoms. The molecule has 0 bridgehead atoms. The van der Waals surface area contributed by atoms with E-state index in [9.17, 15) is 14.0 Å². The fraction of sp³-hybridized carbons (Fsp3) is 0.304. The number of aromatic nitrogens is 1. The molecule has 4 rings (SSSR count). The molecule has 1 amide bonds. The lowest BCUT2D eigenvalue weighted by Gasteiger charge is -2.22. The number of carbonyl (C=O) groups is 1. The Morgan fingerprint density at radius 2 is 2.14 bits per heavy atom. The topological polar surface area (TPSA) is 63.1 Å². The van der Waals surface area contributed by atoms with Crippen molar-refractivity contribution in [3.8, 4) is 0 Å². The van der Waals surface area contributed by atoms with E-state index in [4.69, 9.17) is 13.7 Å². The van der Waals surface area contributed by atoms with Crippen LogP contribution in [-0.4, -0.2) is 17.1 Å². The summed E-state index contributed by atoms with van der Waals surface area (Å²) in [6.07, 6.45) is 1.20. The van der Waals surface area contributed by atoms with E-state index in [1.165, 1.54) is 19.1 Å². The molecule has 1 aromatic heterocycles. The molecular weight excluding hydrogens is 369 g/mol. The number of halogens is 1. The molecule has 1 heterocycles. The van der Waals surface area contributed by atoms with E-state index in [0.29, 0.717) is 17.5 Å². The number of hydrogen-bond donors (Lipinski definition) is 2. The Balaban J connectivity index is 1.90. The monoisotopic (exact) mass is 403 g/mol. The fourth-order valence-corrected chi connectivity index (χ4v) is 3.48. The van der Waals surface area contributed by atoms with Crippen molar-refractivity contribution in [3.05, 3.63) is 81.4 Å². The normalized spacial score (nSPS) is 20.5. The molecule has 0 radical (unpaired) electrons. The minimum atomic E-state index is -3.23. The lowest BCUT2D eigenvalue weighted by molar-refractivity contribution is 0.0932. The number of amides is 1. The first-order valence-electron chi connectivity index (χ1n) is 14.0. The summed E-state index contributed by atoms with van der Waals surface area (Å²) < 4.78 is 94.0. The molecule has 1 aliphatic rings. The second kappa shape index (κ2) is 7.70. The number of pyridine rings is 1. The van der Waals surface area contributed by atoms with E-state index >= 15 is 0 Å². The molecule has 1 saturated carbocycles. The van der Waals surface area contributed by atoms with Gasteiger partial charge in [-0.15, -0.1) is 0 Å². The van der Waals surface area contributed by atoms with Gasteiger partial charge < -0.3 is 10.7 Å². The number of rotatable bonds is 6. The molecule has 3 aromatic rings. The molecule has 5 nitrogen and oxygen atoms in total. The number of hydrogen-bond acceptors (Lipinski definition) is 3. The molecule has 0 aliphatic heterocycles. The summed E-state index contributed by atoms with van der Waals surface area (Å²) in [7, 11) is 0. The third kappa shape index (κ3) is 3.50. The molecule has 0 unspecified atom stereocenters. The van der Waals surface area contributed by atoms with Crippen molar-refractivity contribution in [2.45, 2.75) is 32.7 Å². The van der Waals surface area contributed by atoms with Crippen LogP contribution in [0.25, 0.3) is 10.8 Å². The lowest BCUT2D eigenvalue weighted by atomic mass is 9.99. The molecule has 1 atom stereocenters. The van der Waals surface area contributed by atoms with Crippen molar-refractivity contribution in [3.63, 3.8) is 0 Å². The predicted octanol–water partition coefficient (Wildman–Crippen LogP) is 3.89. The van der Waals surface area contributed by atoms with Crippen LogP contribution in [0.2, 0.25) is 0 Å². The van der Waals surface area contributed by atoms with Crippen molar-refractivity contribution in [2.75, 3.05) is 11.9 Å². The van der Waals surface area contributed by atoms with Crippen LogP contribution in [0.4, 0.5) is 4.39 Å².